The van der Waals surface area contributed by atoms with Gasteiger partial charge in [-0.15, -0.1) is 0 Å². The van der Waals surface area contributed by atoms with Gasteiger partial charge in [0.15, 0.2) is 0 Å². The zero-order chi connectivity index (χ0) is 21.8. The molecule has 4 rings (SSSR count). The number of fused-ring (bicyclic) bond motifs is 1. The third-order valence-electron chi connectivity index (χ3n) is 6.22. The predicted octanol–water partition coefficient (Wildman–Crippen LogP) is 4.10. The van der Waals surface area contributed by atoms with Crippen molar-refractivity contribution in [2.24, 2.45) is 5.92 Å². The maximum Gasteiger partial charge on any atom is 0.269 e. The Bertz CT molecular complexity index is 970. The van der Waals surface area contributed by atoms with E-state index in [1.165, 1.54) is 6.42 Å². The van der Waals surface area contributed by atoms with Crippen LogP contribution in [0.4, 0.5) is 0 Å². The fraction of sp³-hybridized carbons (Fsp3) is 0.375. The maximum absolute atomic E-state index is 13.1. The van der Waals surface area contributed by atoms with Gasteiger partial charge in [-0.05, 0) is 48.2 Å². The van der Waals surface area contributed by atoms with Gasteiger partial charge in [0.25, 0.3) is 17.7 Å². The molecule has 0 spiro atoms. The molecular formula is C24H26ClN3O3. The minimum absolute atomic E-state index is 0.129. The van der Waals surface area contributed by atoms with Crippen molar-refractivity contribution in [1.82, 2.24) is 15.8 Å². The van der Waals surface area contributed by atoms with Crippen LogP contribution in [0, 0.1) is 5.92 Å². The van der Waals surface area contributed by atoms with Gasteiger partial charge < -0.3 is 4.90 Å². The molecule has 0 bridgehead atoms. The second-order valence-electron chi connectivity index (χ2n) is 8.30. The van der Waals surface area contributed by atoms with Gasteiger partial charge in [-0.2, -0.15) is 0 Å². The molecule has 1 heterocycles. The highest BCUT2D eigenvalue weighted by atomic mass is 35.5. The summed E-state index contributed by atoms with van der Waals surface area (Å²) < 4.78 is 0. The Labute approximate surface area is 186 Å². The van der Waals surface area contributed by atoms with E-state index in [1.807, 2.05) is 18.2 Å². The summed E-state index contributed by atoms with van der Waals surface area (Å²) in [5.41, 5.74) is 6.98. The molecule has 0 aromatic heterocycles. The fourth-order valence-electron chi connectivity index (χ4n) is 4.52. The average Bonchev–Trinajstić information content (AvgIpc) is 3.13. The summed E-state index contributed by atoms with van der Waals surface area (Å²) in [5.74, 6) is -0.532. The van der Waals surface area contributed by atoms with Crippen LogP contribution in [0.3, 0.4) is 0 Å². The smallest absolute Gasteiger partial charge is 0.269 e. The lowest BCUT2D eigenvalue weighted by atomic mass is 9.84. The molecule has 7 heteroatoms. The largest absolute Gasteiger partial charge is 0.322 e. The van der Waals surface area contributed by atoms with Crippen LogP contribution in [0.1, 0.15) is 64.8 Å². The van der Waals surface area contributed by atoms with Gasteiger partial charge in [0.2, 0.25) is 0 Å². The lowest BCUT2D eigenvalue weighted by Gasteiger charge is -2.31. The molecule has 0 unspecified atom stereocenters. The first kappa shape index (κ1) is 21.4. The van der Waals surface area contributed by atoms with E-state index in [9.17, 15) is 14.4 Å². The summed E-state index contributed by atoms with van der Waals surface area (Å²) in [6, 6.07) is 13.2. The molecular weight excluding hydrogens is 414 g/mol. The Hall–Kier alpha value is -2.86. The Kier molecular flexibility index (Phi) is 6.56. The molecule has 0 radical (unpaired) electrons. The Morgan fingerprint density at radius 2 is 1.71 bits per heavy atom. The highest BCUT2D eigenvalue weighted by molar-refractivity contribution is 6.30. The van der Waals surface area contributed by atoms with Gasteiger partial charge in [-0.25, -0.2) is 0 Å². The number of hydrazine groups is 1. The summed E-state index contributed by atoms with van der Waals surface area (Å²) in [5, 5.41) is 0.528. The van der Waals surface area contributed by atoms with E-state index in [2.05, 4.69) is 10.9 Å². The van der Waals surface area contributed by atoms with Gasteiger partial charge in [-0.1, -0.05) is 61.9 Å². The lowest BCUT2D eigenvalue weighted by molar-refractivity contribution is -0.127. The van der Waals surface area contributed by atoms with Crippen molar-refractivity contribution < 1.29 is 14.4 Å². The highest BCUT2D eigenvalue weighted by Gasteiger charge is 2.37. The fourth-order valence-corrected chi connectivity index (χ4v) is 4.64. The van der Waals surface area contributed by atoms with Crippen LogP contribution in [-0.2, 0) is 11.3 Å². The van der Waals surface area contributed by atoms with Crippen LogP contribution in [0.25, 0.3) is 0 Å². The van der Waals surface area contributed by atoms with E-state index >= 15 is 0 Å². The Balaban J connectivity index is 1.47. The number of halogens is 1. The van der Waals surface area contributed by atoms with Crippen LogP contribution in [0.2, 0.25) is 5.02 Å². The molecule has 1 aliphatic heterocycles. The first-order valence-corrected chi connectivity index (χ1v) is 11.2. The van der Waals surface area contributed by atoms with Crippen LogP contribution in [0.15, 0.2) is 48.5 Å². The topological polar surface area (TPSA) is 78.5 Å². The molecule has 162 valence electrons. The first-order valence-electron chi connectivity index (χ1n) is 10.8. The Morgan fingerprint density at radius 3 is 2.42 bits per heavy atom. The van der Waals surface area contributed by atoms with Gasteiger partial charge >= 0.3 is 0 Å². The van der Waals surface area contributed by atoms with Crippen molar-refractivity contribution >= 4 is 29.3 Å². The molecule has 6 nitrogen and oxygen atoms in total. The van der Waals surface area contributed by atoms with Crippen molar-refractivity contribution in [3.05, 3.63) is 70.2 Å². The number of hydrogen-bond acceptors (Lipinski definition) is 3. The number of carbonyl (C=O) groups excluding carboxylic acids is 3. The van der Waals surface area contributed by atoms with Gasteiger partial charge in [0, 0.05) is 22.7 Å². The molecule has 1 aliphatic carbocycles. The van der Waals surface area contributed by atoms with Crippen molar-refractivity contribution in [2.45, 2.75) is 51.1 Å². The SMILES string of the molecule is O=C(NNC(=O)[C@@H](CC1CCCCC1)N1Cc2ccccc2C1=O)c1ccc(Cl)cc1. The van der Waals surface area contributed by atoms with Crippen molar-refractivity contribution in [2.75, 3.05) is 0 Å². The first-order chi connectivity index (χ1) is 15.0. The van der Waals surface area contributed by atoms with Crippen LogP contribution in [-0.4, -0.2) is 28.7 Å². The van der Waals surface area contributed by atoms with E-state index in [1.54, 1.807) is 35.2 Å². The average molecular weight is 440 g/mol. The molecule has 1 atom stereocenters. The molecule has 0 saturated heterocycles. The van der Waals surface area contributed by atoms with Crippen LogP contribution < -0.4 is 10.9 Å². The summed E-state index contributed by atoms with van der Waals surface area (Å²) in [6.07, 6.45) is 6.26. The molecule has 2 aliphatic rings. The number of rotatable bonds is 5. The number of hydrogen-bond donors (Lipinski definition) is 2. The molecule has 31 heavy (non-hydrogen) atoms. The molecule has 2 aromatic rings. The normalized spacial score (nSPS) is 17.2. The predicted molar refractivity (Wildman–Crippen MR) is 118 cm³/mol. The monoisotopic (exact) mass is 439 g/mol. The van der Waals surface area contributed by atoms with Crippen LogP contribution in [0.5, 0.6) is 0 Å². The zero-order valence-electron chi connectivity index (χ0n) is 17.3. The van der Waals surface area contributed by atoms with E-state index < -0.39 is 11.9 Å². The molecule has 2 N–H and O–H groups in total. The number of amides is 3. The number of benzene rings is 2. The second kappa shape index (κ2) is 9.52. The summed E-state index contributed by atoms with van der Waals surface area (Å²) in [7, 11) is 0. The summed E-state index contributed by atoms with van der Waals surface area (Å²) >= 11 is 5.86. The quantitative estimate of drug-likeness (QED) is 0.688. The van der Waals surface area contributed by atoms with Gasteiger partial charge in [0.05, 0.1) is 0 Å². The number of nitrogens with zero attached hydrogens (tertiary/aromatic N) is 1. The third-order valence-corrected chi connectivity index (χ3v) is 6.47. The standard InChI is InChI=1S/C24H26ClN3O3/c25-19-12-10-17(11-13-19)22(29)26-27-23(30)21(14-16-6-2-1-3-7-16)28-15-18-8-4-5-9-20(18)24(28)31/h4-5,8-13,16,21H,1-3,6-7,14-15H2,(H,26,29)(H,27,30)/t21-/m1/s1. The Morgan fingerprint density at radius 1 is 1.00 bits per heavy atom. The molecule has 2 aromatic carbocycles. The minimum atomic E-state index is -0.631. The van der Waals surface area contributed by atoms with Crippen LogP contribution >= 0.6 is 11.6 Å². The molecule has 1 saturated carbocycles. The zero-order valence-corrected chi connectivity index (χ0v) is 18.0. The van der Waals surface area contributed by atoms with Crippen molar-refractivity contribution in [1.29, 1.82) is 0 Å². The van der Waals surface area contributed by atoms with Gasteiger partial charge in [-0.3, -0.25) is 25.2 Å². The van der Waals surface area contributed by atoms with Crippen molar-refractivity contribution in [3.63, 3.8) is 0 Å². The highest BCUT2D eigenvalue weighted by Crippen LogP contribution is 2.32. The van der Waals surface area contributed by atoms with Crippen molar-refractivity contribution in [3.8, 4) is 0 Å². The number of carbonyl (C=O) groups is 3. The van der Waals surface area contributed by atoms with E-state index in [-0.39, 0.29) is 11.8 Å². The molecule has 1 fully saturated rings. The second-order valence-corrected chi connectivity index (χ2v) is 8.73. The third kappa shape index (κ3) is 4.90. The van der Waals surface area contributed by atoms with E-state index in [4.69, 9.17) is 11.6 Å². The van der Waals surface area contributed by atoms with E-state index in [0.717, 1.165) is 31.2 Å². The number of nitrogens with one attached hydrogen (secondary N) is 2. The summed E-state index contributed by atoms with van der Waals surface area (Å²) in [6.45, 7) is 0.408. The summed E-state index contributed by atoms with van der Waals surface area (Å²) in [4.78, 5) is 40.2. The van der Waals surface area contributed by atoms with Gasteiger partial charge in [0.1, 0.15) is 6.04 Å². The molecule has 3 amide bonds. The van der Waals surface area contributed by atoms with E-state index in [0.29, 0.717) is 35.0 Å². The minimum Gasteiger partial charge on any atom is -0.322 e. The lowest BCUT2D eigenvalue weighted by Crippen LogP contribution is -2.53. The maximum atomic E-state index is 13.1.